The molecule has 8 heteroatoms. The lowest BCUT2D eigenvalue weighted by Gasteiger charge is -2.18. The number of nitrogens with zero attached hydrogens (tertiary/aromatic N) is 4. The predicted molar refractivity (Wildman–Crippen MR) is 110 cm³/mol. The normalized spacial score (nSPS) is 10.9. The maximum atomic E-state index is 12.2. The van der Waals surface area contributed by atoms with Crippen LogP contribution in [0.15, 0.2) is 67.0 Å². The van der Waals surface area contributed by atoms with E-state index in [-0.39, 0.29) is 23.0 Å². The molecule has 0 aliphatic carbocycles. The van der Waals surface area contributed by atoms with E-state index in [0.29, 0.717) is 13.1 Å². The summed E-state index contributed by atoms with van der Waals surface area (Å²) in [5.74, 6) is -0.489. The van der Waals surface area contributed by atoms with Gasteiger partial charge in [0.2, 0.25) is 0 Å². The first-order valence-corrected chi connectivity index (χ1v) is 8.93. The SMILES string of the molecule is CN(CCn1ccnc1[N+](=O)[O-])c1ccc(/C=C/C(=O)c2ccccc2O)cc1. The second kappa shape index (κ2) is 8.83. The van der Waals surface area contributed by atoms with E-state index in [1.807, 2.05) is 36.2 Å². The van der Waals surface area contributed by atoms with Gasteiger partial charge in [0, 0.05) is 19.3 Å². The van der Waals surface area contributed by atoms with Gasteiger partial charge in [-0.25, -0.2) is 4.57 Å². The summed E-state index contributed by atoms with van der Waals surface area (Å²) in [7, 11) is 1.90. The molecule has 0 aliphatic rings. The molecule has 1 N–H and O–H groups in total. The van der Waals surface area contributed by atoms with Crippen LogP contribution >= 0.6 is 0 Å². The molecule has 0 fully saturated rings. The van der Waals surface area contributed by atoms with E-state index in [1.54, 1.807) is 30.5 Å². The number of hydrogen-bond donors (Lipinski definition) is 1. The van der Waals surface area contributed by atoms with Gasteiger partial charge in [-0.15, -0.1) is 0 Å². The number of imidazole rings is 1. The summed E-state index contributed by atoms with van der Waals surface area (Å²) >= 11 is 0. The Morgan fingerprint density at radius 2 is 1.97 bits per heavy atom. The van der Waals surface area contributed by atoms with E-state index in [0.717, 1.165) is 11.3 Å². The third-order valence-electron chi connectivity index (χ3n) is 4.46. The van der Waals surface area contributed by atoms with Crippen LogP contribution in [0, 0.1) is 10.1 Å². The van der Waals surface area contributed by atoms with Crippen LogP contribution < -0.4 is 4.90 Å². The third-order valence-corrected chi connectivity index (χ3v) is 4.46. The highest BCUT2D eigenvalue weighted by Gasteiger charge is 2.14. The number of nitro groups is 1. The largest absolute Gasteiger partial charge is 0.507 e. The molecule has 29 heavy (non-hydrogen) atoms. The molecular weight excluding hydrogens is 372 g/mol. The molecule has 2 aromatic carbocycles. The van der Waals surface area contributed by atoms with E-state index in [4.69, 9.17) is 0 Å². The minimum absolute atomic E-state index is 0.0442. The molecular formula is C21H20N4O4. The van der Waals surface area contributed by atoms with Crippen molar-refractivity contribution in [2.45, 2.75) is 6.54 Å². The van der Waals surface area contributed by atoms with Crippen LogP contribution in [0.25, 0.3) is 6.08 Å². The number of hydrogen-bond acceptors (Lipinski definition) is 6. The van der Waals surface area contributed by atoms with Gasteiger partial charge in [0.15, 0.2) is 5.78 Å². The van der Waals surface area contributed by atoms with Gasteiger partial charge in [-0.1, -0.05) is 35.3 Å². The van der Waals surface area contributed by atoms with Gasteiger partial charge in [-0.3, -0.25) is 4.79 Å². The molecule has 0 unspecified atom stereocenters. The van der Waals surface area contributed by atoms with Crippen molar-refractivity contribution in [2.75, 3.05) is 18.5 Å². The second-order valence-corrected chi connectivity index (χ2v) is 6.41. The van der Waals surface area contributed by atoms with Crippen molar-refractivity contribution in [1.82, 2.24) is 9.55 Å². The first kappa shape index (κ1) is 19.8. The fourth-order valence-corrected chi connectivity index (χ4v) is 2.82. The highest BCUT2D eigenvalue weighted by atomic mass is 16.6. The van der Waals surface area contributed by atoms with Crippen molar-refractivity contribution < 1.29 is 14.8 Å². The monoisotopic (exact) mass is 392 g/mol. The molecule has 1 heterocycles. The number of anilines is 1. The number of para-hydroxylation sites is 1. The number of likely N-dealkylation sites (N-methyl/N-ethyl adjacent to an activating group) is 1. The summed E-state index contributed by atoms with van der Waals surface area (Å²) in [4.78, 5) is 28.3. The Hall–Kier alpha value is -3.94. The van der Waals surface area contributed by atoms with Gasteiger partial charge < -0.3 is 20.1 Å². The lowest BCUT2D eigenvalue weighted by Crippen LogP contribution is -2.22. The summed E-state index contributed by atoms with van der Waals surface area (Å²) in [5, 5.41) is 20.7. The van der Waals surface area contributed by atoms with Gasteiger partial charge in [-0.2, -0.15) is 0 Å². The fraction of sp³-hybridized carbons (Fsp3) is 0.143. The van der Waals surface area contributed by atoms with Crippen LogP contribution in [-0.4, -0.2) is 39.0 Å². The zero-order valence-electron chi connectivity index (χ0n) is 15.8. The Kier molecular flexibility index (Phi) is 6.03. The highest BCUT2D eigenvalue weighted by molar-refractivity contribution is 6.08. The van der Waals surface area contributed by atoms with Crippen LogP contribution in [0.1, 0.15) is 15.9 Å². The van der Waals surface area contributed by atoms with E-state index < -0.39 is 4.92 Å². The predicted octanol–water partition coefficient (Wildman–Crippen LogP) is 3.53. The smallest absolute Gasteiger partial charge is 0.434 e. The maximum absolute atomic E-state index is 12.2. The lowest BCUT2D eigenvalue weighted by atomic mass is 10.1. The molecule has 8 nitrogen and oxygen atoms in total. The summed E-state index contributed by atoms with van der Waals surface area (Å²) in [6.45, 7) is 1.00. The molecule has 0 amide bonds. The number of aromatic nitrogens is 2. The van der Waals surface area contributed by atoms with Gasteiger partial charge in [0.25, 0.3) is 0 Å². The maximum Gasteiger partial charge on any atom is 0.434 e. The number of carbonyl (C=O) groups excluding carboxylic acids is 1. The minimum atomic E-state index is -0.502. The Morgan fingerprint density at radius 1 is 1.24 bits per heavy atom. The zero-order valence-corrected chi connectivity index (χ0v) is 15.8. The number of aromatic hydroxyl groups is 1. The average molecular weight is 392 g/mol. The number of benzene rings is 2. The lowest BCUT2D eigenvalue weighted by molar-refractivity contribution is -0.396. The van der Waals surface area contributed by atoms with Crippen molar-refractivity contribution in [1.29, 1.82) is 0 Å². The second-order valence-electron chi connectivity index (χ2n) is 6.41. The van der Waals surface area contributed by atoms with E-state index >= 15 is 0 Å². The Balaban J connectivity index is 1.60. The Labute approximate surface area is 167 Å². The summed E-state index contributed by atoms with van der Waals surface area (Å²) in [5.41, 5.74) is 2.04. The van der Waals surface area contributed by atoms with Gasteiger partial charge >= 0.3 is 5.95 Å². The summed E-state index contributed by atoms with van der Waals surface area (Å²) in [6.07, 6.45) is 6.11. The summed E-state index contributed by atoms with van der Waals surface area (Å²) in [6, 6.07) is 14.0. The quantitative estimate of drug-likeness (QED) is 0.272. The van der Waals surface area contributed by atoms with Crippen LogP contribution in [0.4, 0.5) is 11.6 Å². The first-order valence-electron chi connectivity index (χ1n) is 8.93. The number of carbonyl (C=O) groups is 1. The molecule has 1 aromatic heterocycles. The number of phenolic OH excluding ortho intramolecular Hbond substituents is 1. The molecule has 0 atom stereocenters. The molecule has 0 spiro atoms. The average Bonchev–Trinajstić information content (AvgIpc) is 3.20. The van der Waals surface area contributed by atoms with Crippen molar-refractivity contribution in [2.24, 2.45) is 0 Å². The van der Waals surface area contributed by atoms with E-state index in [9.17, 15) is 20.0 Å². The van der Waals surface area contributed by atoms with Crippen LogP contribution in [0.3, 0.4) is 0 Å². The first-order chi connectivity index (χ1) is 14.0. The number of rotatable bonds is 8. The number of allylic oxidation sites excluding steroid dienone is 1. The molecule has 148 valence electrons. The zero-order chi connectivity index (χ0) is 20.8. The Bertz CT molecular complexity index is 1040. The summed E-state index contributed by atoms with van der Waals surface area (Å²) < 4.78 is 1.50. The molecule has 0 saturated heterocycles. The topological polar surface area (TPSA) is 102 Å². The van der Waals surface area contributed by atoms with Crippen molar-refractivity contribution in [3.63, 3.8) is 0 Å². The van der Waals surface area contributed by atoms with Gasteiger partial charge in [0.1, 0.15) is 18.1 Å². The van der Waals surface area contributed by atoms with Gasteiger partial charge in [-0.05, 0) is 40.8 Å². The molecule has 0 bridgehead atoms. The van der Waals surface area contributed by atoms with E-state index in [2.05, 4.69) is 4.98 Å². The molecule has 0 radical (unpaired) electrons. The molecule has 3 rings (SSSR count). The van der Waals surface area contributed by atoms with Crippen molar-refractivity contribution >= 4 is 23.5 Å². The number of ketones is 1. The Morgan fingerprint density at radius 3 is 2.66 bits per heavy atom. The van der Waals surface area contributed by atoms with Crippen LogP contribution in [0.5, 0.6) is 5.75 Å². The number of phenols is 1. The standard InChI is InChI=1S/C21H20N4O4/c1-23(14-15-24-13-12-22-21(24)25(28)29)17-9-6-16(7-10-17)8-11-20(27)18-4-2-3-5-19(18)26/h2-13,26H,14-15H2,1H3/b11-8+. The third kappa shape index (κ3) is 4.86. The van der Waals surface area contributed by atoms with E-state index in [1.165, 1.54) is 22.9 Å². The molecule has 0 aliphatic heterocycles. The molecule has 3 aromatic rings. The van der Waals surface area contributed by atoms with Crippen molar-refractivity contribution in [3.05, 3.63) is 88.2 Å². The van der Waals surface area contributed by atoms with Crippen molar-refractivity contribution in [3.8, 4) is 5.75 Å². The fourth-order valence-electron chi connectivity index (χ4n) is 2.82. The van der Waals surface area contributed by atoms with Gasteiger partial charge in [0.05, 0.1) is 12.1 Å². The van der Waals surface area contributed by atoms with Crippen LogP contribution in [0.2, 0.25) is 0 Å². The molecule has 0 saturated carbocycles. The highest BCUT2D eigenvalue weighted by Crippen LogP contribution is 2.18. The van der Waals surface area contributed by atoms with Crippen LogP contribution in [-0.2, 0) is 6.54 Å². The minimum Gasteiger partial charge on any atom is -0.507 e.